The Morgan fingerprint density at radius 1 is 1.57 bits per heavy atom. The highest BCUT2D eigenvalue weighted by atomic mass is 19.4. The van der Waals surface area contributed by atoms with Crippen molar-refractivity contribution in [3.63, 3.8) is 0 Å². The maximum Gasteiger partial charge on any atom is 0.412 e. The summed E-state index contributed by atoms with van der Waals surface area (Å²) in [5, 5.41) is 0. The summed E-state index contributed by atoms with van der Waals surface area (Å²) in [5.41, 5.74) is -0.530. The van der Waals surface area contributed by atoms with Crippen LogP contribution in [0.3, 0.4) is 0 Å². The van der Waals surface area contributed by atoms with Gasteiger partial charge in [-0.3, -0.25) is 4.79 Å². The molecule has 0 heterocycles. The number of alkyl halides is 3. The quantitative estimate of drug-likeness (QED) is 0.488. The van der Waals surface area contributed by atoms with Gasteiger partial charge in [-0.05, 0) is 19.3 Å². The molecule has 0 bridgehead atoms. The van der Waals surface area contributed by atoms with E-state index >= 15 is 0 Å². The number of ether oxygens (including phenoxy) is 1. The van der Waals surface area contributed by atoms with E-state index in [4.69, 9.17) is 0 Å². The first kappa shape index (κ1) is 11.1. The van der Waals surface area contributed by atoms with Crippen molar-refractivity contribution in [1.82, 2.24) is 0 Å². The first-order chi connectivity index (χ1) is 6.45. The largest absolute Gasteiger partial charge is 0.469 e. The maximum absolute atomic E-state index is 12.2. The van der Waals surface area contributed by atoms with Crippen molar-refractivity contribution in [3.8, 4) is 0 Å². The Labute approximate surface area is 79.7 Å². The summed E-state index contributed by atoms with van der Waals surface area (Å²) in [5.74, 6) is -0.839. The average molecular weight is 208 g/mol. The molecule has 0 N–H and O–H groups in total. The van der Waals surface area contributed by atoms with Crippen LogP contribution in [0.15, 0.2) is 11.6 Å². The second-order valence-corrected chi connectivity index (χ2v) is 3.22. The molecule has 0 aromatic carbocycles. The molecule has 1 aliphatic carbocycles. The molecule has 0 spiro atoms. The minimum Gasteiger partial charge on any atom is -0.469 e. The molecule has 0 aromatic rings. The average Bonchev–Trinajstić information content (AvgIpc) is 2.15. The molecular formula is C9H11F3O2. The lowest BCUT2D eigenvalue weighted by molar-refractivity contribution is -0.146. The Kier molecular flexibility index (Phi) is 3.18. The van der Waals surface area contributed by atoms with E-state index in [0.717, 1.165) is 6.08 Å². The van der Waals surface area contributed by atoms with Gasteiger partial charge in [0.15, 0.2) is 0 Å². The van der Waals surface area contributed by atoms with Gasteiger partial charge < -0.3 is 4.74 Å². The Bertz CT molecular complexity index is 255. The van der Waals surface area contributed by atoms with Crippen molar-refractivity contribution in [2.75, 3.05) is 7.11 Å². The second kappa shape index (κ2) is 4.02. The van der Waals surface area contributed by atoms with Crippen LogP contribution in [-0.4, -0.2) is 19.3 Å². The molecule has 1 rings (SSSR count). The molecule has 14 heavy (non-hydrogen) atoms. The van der Waals surface area contributed by atoms with E-state index in [1.807, 2.05) is 0 Å². The number of carbonyl (C=O) groups is 1. The van der Waals surface area contributed by atoms with Gasteiger partial charge in [-0.1, -0.05) is 6.08 Å². The van der Waals surface area contributed by atoms with E-state index < -0.39 is 23.6 Å². The molecule has 1 atom stereocenters. The van der Waals surface area contributed by atoms with Gasteiger partial charge in [0.05, 0.1) is 13.0 Å². The summed E-state index contributed by atoms with van der Waals surface area (Å²) in [6.07, 6.45) is -2.91. The standard InChI is InChI=1S/C9H11F3O2/c1-14-8(13)6-2-4-7(5-3-6)9(10,11)12/h4,6H,2-3,5H2,1H3. The topological polar surface area (TPSA) is 26.3 Å². The van der Waals surface area contributed by atoms with Crippen molar-refractivity contribution in [2.45, 2.75) is 25.4 Å². The number of esters is 1. The van der Waals surface area contributed by atoms with Crippen LogP contribution in [0.4, 0.5) is 13.2 Å². The van der Waals surface area contributed by atoms with Crippen molar-refractivity contribution >= 4 is 5.97 Å². The van der Waals surface area contributed by atoms with Gasteiger partial charge in [-0.25, -0.2) is 0 Å². The van der Waals surface area contributed by atoms with Crippen LogP contribution in [0.5, 0.6) is 0 Å². The summed E-state index contributed by atoms with van der Waals surface area (Å²) in [6, 6.07) is 0. The van der Waals surface area contributed by atoms with Crippen molar-refractivity contribution in [1.29, 1.82) is 0 Å². The summed E-state index contributed by atoms with van der Waals surface area (Å²) < 4.78 is 41.0. The van der Waals surface area contributed by atoms with E-state index in [0.29, 0.717) is 0 Å². The second-order valence-electron chi connectivity index (χ2n) is 3.22. The molecule has 0 amide bonds. The van der Waals surface area contributed by atoms with Crippen LogP contribution in [0.2, 0.25) is 0 Å². The van der Waals surface area contributed by atoms with Crippen LogP contribution < -0.4 is 0 Å². The highest BCUT2D eigenvalue weighted by molar-refractivity contribution is 5.72. The van der Waals surface area contributed by atoms with E-state index in [1.54, 1.807) is 0 Å². The van der Waals surface area contributed by atoms with Crippen molar-refractivity contribution in [3.05, 3.63) is 11.6 Å². The molecule has 0 fully saturated rings. The molecular weight excluding hydrogens is 197 g/mol. The molecule has 5 heteroatoms. The van der Waals surface area contributed by atoms with Crippen LogP contribution in [0.25, 0.3) is 0 Å². The third kappa shape index (κ3) is 2.49. The lowest BCUT2D eigenvalue weighted by atomic mass is 9.89. The Hall–Kier alpha value is -1.00. The normalized spacial score (nSPS) is 22.9. The highest BCUT2D eigenvalue weighted by Crippen LogP contribution is 2.35. The zero-order valence-corrected chi connectivity index (χ0v) is 7.73. The fraction of sp³-hybridized carbons (Fsp3) is 0.667. The molecule has 1 unspecified atom stereocenters. The van der Waals surface area contributed by atoms with Gasteiger partial charge in [0.1, 0.15) is 0 Å². The number of allylic oxidation sites excluding steroid dienone is 2. The molecule has 1 aliphatic rings. The van der Waals surface area contributed by atoms with Gasteiger partial charge in [0.2, 0.25) is 0 Å². The Morgan fingerprint density at radius 3 is 2.57 bits per heavy atom. The van der Waals surface area contributed by atoms with Gasteiger partial charge in [0, 0.05) is 5.57 Å². The number of carbonyl (C=O) groups excluding carboxylic acids is 1. The van der Waals surface area contributed by atoms with Crippen LogP contribution in [0, 0.1) is 5.92 Å². The fourth-order valence-corrected chi connectivity index (χ4v) is 1.47. The van der Waals surface area contributed by atoms with E-state index in [-0.39, 0.29) is 19.3 Å². The third-order valence-electron chi connectivity index (χ3n) is 2.31. The number of hydrogen-bond acceptors (Lipinski definition) is 2. The Balaban J connectivity index is 2.60. The van der Waals surface area contributed by atoms with E-state index in [2.05, 4.69) is 4.74 Å². The number of rotatable bonds is 1. The predicted molar refractivity (Wildman–Crippen MR) is 43.5 cm³/mol. The van der Waals surface area contributed by atoms with Crippen molar-refractivity contribution < 1.29 is 22.7 Å². The lowest BCUT2D eigenvalue weighted by Crippen LogP contribution is -2.22. The summed E-state index contributed by atoms with van der Waals surface area (Å²) >= 11 is 0. The predicted octanol–water partition coefficient (Wildman–Crippen LogP) is 2.45. The fourth-order valence-electron chi connectivity index (χ4n) is 1.47. The first-order valence-electron chi connectivity index (χ1n) is 4.29. The van der Waals surface area contributed by atoms with Crippen LogP contribution in [-0.2, 0) is 9.53 Å². The minimum absolute atomic E-state index is 0.0940. The molecule has 80 valence electrons. The zero-order valence-electron chi connectivity index (χ0n) is 7.73. The molecule has 0 aromatic heterocycles. The zero-order chi connectivity index (χ0) is 10.8. The SMILES string of the molecule is COC(=O)C1CC=C(C(F)(F)F)CC1. The van der Waals surface area contributed by atoms with Crippen LogP contribution >= 0.6 is 0 Å². The number of halogens is 3. The van der Waals surface area contributed by atoms with E-state index in [9.17, 15) is 18.0 Å². The van der Waals surface area contributed by atoms with Crippen LogP contribution in [0.1, 0.15) is 19.3 Å². The van der Waals surface area contributed by atoms with Crippen molar-refractivity contribution in [2.24, 2.45) is 5.92 Å². The summed E-state index contributed by atoms with van der Waals surface area (Å²) in [4.78, 5) is 11.0. The van der Waals surface area contributed by atoms with Gasteiger partial charge in [-0.15, -0.1) is 0 Å². The van der Waals surface area contributed by atoms with Gasteiger partial charge >= 0.3 is 12.1 Å². The first-order valence-corrected chi connectivity index (χ1v) is 4.29. The maximum atomic E-state index is 12.2. The number of methoxy groups -OCH3 is 1. The molecule has 2 nitrogen and oxygen atoms in total. The summed E-state index contributed by atoms with van der Waals surface area (Å²) in [7, 11) is 1.24. The monoisotopic (exact) mass is 208 g/mol. The molecule has 0 aliphatic heterocycles. The molecule has 0 radical (unpaired) electrons. The van der Waals surface area contributed by atoms with Gasteiger partial charge in [0.25, 0.3) is 0 Å². The lowest BCUT2D eigenvalue weighted by Gasteiger charge is -2.21. The smallest absolute Gasteiger partial charge is 0.412 e. The molecule has 0 saturated heterocycles. The number of hydrogen-bond donors (Lipinski definition) is 0. The third-order valence-corrected chi connectivity index (χ3v) is 2.31. The summed E-state index contributed by atoms with van der Waals surface area (Å²) in [6.45, 7) is 0. The highest BCUT2D eigenvalue weighted by Gasteiger charge is 2.36. The van der Waals surface area contributed by atoms with Gasteiger partial charge in [-0.2, -0.15) is 13.2 Å². The molecule has 0 saturated carbocycles. The minimum atomic E-state index is -4.25. The van der Waals surface area contributed by atoms with E-state index in [1.165, 1.54) is 7.11 Å². The Morgan fingerprint density at radius 2 is 2.21 bits per heavy atom.